The molecule has 0 spiro atoms. The molecule has 2 aromatic carbocycles. The van der Waals surface area contributed by atoms with Gasteiger partial charge in [-0.2, -0.15) is 0 Å². The van der Waals surface area contributed by atoms with E-state index in [9.17, 15) is 4.79 Å². The standard InChI is InChI=1S/C25H35N5O.HI/c1-4-26-24(27-11-10-21-15-19(2)14-20(3)16-21)28-18-22-8-7-9-23(17-22)29-25(31)30-12-5-6-13-30;/h7-9,14-17H,4-6,10-13,18H2,1-3H3,(H,29,31)(H2,26,27,28);1H. The molecule has 0 saturated carbocycles. The Morgan fingerprint density at radius 3 is 2.41 bits per heavy atom. The second-order valence-corrected chi connectivity index (χ2v) is 8.19. The molecule has 1 aliphatic heterocycles. The van der Waals surface area contributed by atoms with Crippen LogP contribution < -0.4 is 16.0 Å². The first-order valence-electron chi connectivity index (χ1n) is 11.3. The third kappa shape index (κ3) is 8.33. The van der Waals surface area contributed by atoms with Crippen LogP contribution in [0.25, 0.3) is 0 Å². The van der Waals surface area contributed by atoms with E-state index in [-0.39, 0.29) is 30.0 Å². The fourth-order valence-electron chi connectivity index (χ4n) is 3.92. The van der Waals surface area contributed by atoms with E-state index < -0.39 is 0 Å². The lowest BCUT2D eigenvalue weighted by Gasteiger charge is -2.16. The summed E-state index contributed by atoms with van der Waals surface area (Å²) < 4.78 is 0. The van der Waals surface area contributed by atoms with Crippen LogP contribution in [0.4, 0.5) is 10.5 Å². The minimum Gasteiger partial charge on any atom is -0.357 e. The number of aliphatic imine (C=N–C) groups is 1. The van der Waals surface area contributed by atoms with E-state index in [1.165, 1.54) is 16.7 Å². The van der Waals surface area contributed by atoms with Crippen LogP contribution >= 0.6 is 24.0 Å². The maximum absolute atomic E-state index is 12.3. The number of urea groups is 1. The minimum atomic E-state index is -0.0143. The Balaban J connectivity index is 0.00000363. The molecule has 2 aromatic rings. The maximum Gasteiger partial charge on any atom is 0.321 e. The van der Waals surface area contributed by atoms with Crippen LogP contribution in [0.15, 0.2) is 47.5 Å². The highest BCUT2D eigenvalue weighted by atomic mass is 127. The highest BCUT2D eigenvalue weighted by Gasteiger charge is 2.17. The summed E-state index contributed by atoms with van der Waals surface area (Å²) in [6.07, 6.45) is 3.13. The van der Waals surface area contributed by atoms with Crippen LogP contribution in [0.1, 0.15) is 42.0 Å². The normalized spacial score (nSPS) is 13.5. The molecule has 0 aromatic heterocycles. The van der Waals surface area contributed by atoms with Crippen LogP contribution in [0, 0.1) is 13.8 Å². The fraction of sp³-hybridized carbons (Fsp3) is 0.440. The molecule has 3 rings (SSSR count). The smallest absolute Gasteiger partial charge is 0.321 e. The summed E-state index contributed by atoms with van der Waals surface area (Å²) in [6, 6.07) is 14.6. The van der Waals surface area contributed by atoms with Crippen LogP contribution in [-0.4, -0.2) is 43.1 Å². The highest BCUT2D eigenvalue weighted by molar-refractivity contribution is 14.0. The summed E-state index contributed by atoms with van der Waals surface area (Å²) in [4.78, 5) is 18.9. The van der Waals surface area contributed by atoms with Gasteiger partial charge in [-0.25, -0.2) is 9.79 Å². The van der Waals surface area contributed by atoms with Gasteiger partial charge in [0.1, 0.15) is 0 Å². The monoisotopic (exact) mass is 549 g/mol. The fourth-order valence-corrected chi connectivity index (χ4v) is 3.92. The molecule has 0 unspecified atom stereocenters. The van der Waals surface area contributed by atoms with Gasteiger partial charge in [-0.15, -0.1) is 24.0 Å². The lowest BCUT2D eigenvalue weighted by atomic mass is 10.1. The number of guanidine groups is 1. The van der Waals surface area contributed by atoms with Crippen molar-refractivity contribution in [2.24, 2.45) is 4.99 Å². The first kappa shape index (κ1) is 26.0. The molecule has 1 fully saturated rings. The van der Waals surface area contributed by atoms with Crippen molar-refractivity contribution in [3.05, 3.63) is 64.7 Å². The Bertz CT molecular complexity index is 889. The SMILES string of the molecule is CCNC(=NCc1cccc(NC(=O)N2CCCC2)c1)NCCc1cc(C)cc(C)c1.I. The van der Waals surface area contributed by atoms with Gasteiger partial charge >= 0.3 is 6.03 Å². The van der Waals surface area contributed by atoms with Crippen molar-refractivity contribution in [3.8, 4) is 0 Å². The van der Waals surface area contributed by atoms with E-state index in [0.717, 1.165) is 62.7 Å². The number of aryl methyl sites for hydroxylation is 2. The third-order valence-electron chi connectivity index (χ3n) is 5.32. The number of amides is 2. The van der Waals surface area contributed by atoms with Crippen LogP contribution in [0.5, 0.6) is 0 Å². The molecule has 7 heteroatoms. The molecule has 3 N–H and O–H groups in total. The van der Waals surface area contributed by atoms with Crippen molar-refractivity contribution >= 4 is 41.7 Å². The number of halogens is 1. The van der Waals surface area contributed by atoms with Crippen LogP contribution in [0.2, 0.25) is 0 Å². The van der Waals surface area contributed by atoms with Crippen molar-refractivity contribution in [1.82, 2.24) is 15.5 Å². The molecule has 0 aliphatic carbocycles. The number of benzene rings is 2. The Labute approximate surface area is 209 Å². The van der Waals surface area contributed by atoms with Crippen LogP contribution in [-0.2, 0) is 13.0 Å². The Hall–Kier alpha value is -2.29. The third-order valence-corrected chi connectivity index (χ3v) is 5.32. The van der Waals surface area contributed by atoms with Gasteiger partial charge in [0.25, 0.3) is 0 Å². The van der Waals surface area contributed by atoms with E-state index in [1.807, 2.05) is 29.2 Å². The van der Waals surface area contributed by atoms with E-state index in [0.29, 0.717) is 6.54 Å². The summed E-state index contributed by atoms with van der Waals surface area (Å²) in [5.74, 6) is 0.804. The largest absolute Gasteiger partial charge is 0.357 e. The Kier molecular flexibility index (Phi) is 10.8. The second kappa shape index (κ2) is 13.3. The predicted molar refractivity (Wildman–Crippen MR) is 144 cm³/mol. The first-order chi connectivity index (χ1) is 15.0. The number of hydrogen-bond donors (Lipinski definition) is 3. The summed E-state index contributed by atoms with van der Waals surface area (Å²) in [6.45, 7) is 10.2. The Morgan fingerprint density at radius 2 is 1.72 bits per heavy atom. The number of likely N-dealkylation sites (tertiary alicyclic amines) is 1. The van der Waals surface area contributed by atoms with E-state index in [1.54, 1.807) is 0 Å². The summed E-state index contributed by atoms with van der Waals surface area (Å²) in [5.41, 5.74) is 5.81. The minimum absolute atomic E-state index is 0. The van der Waals surface area contributed by atoms with Crippen molar-refractivity contribution < 1.29 is 4.79 Å². The van der Waals surface area contributed by atoms with Crippen molar-refractivity contribution in [2.75, 3.05) is 31.5 Å². The van der Waals surface area contributed by atoms with Gasteiger partial charge in [-0.05, 0) is 63.3 Å². The number of rotatable bonds is 7. The van der Waals surface area contributed by atoms with Gasteiger partial charge in [0.15, 0.2) is 5.96 Å². The number of nitrogens with one attached hydrogen (secondary N) is 3. The average molecular weight is 550 g/mol. The van der Waals surface area contributed by atoms with Gasteiger partial charge in [0.05, 0.1) is 6.54 Å². The van der Waals surface area contributed by atoms with Crippen molar-refractivity contribution in [3.63, 3.8) is 0 Å². The van der Waals surface area contributed by atoms with Gasteiger partial charge in [0.2, 0.25) is 0 Å². The van der Waals surface area contributed by atoms with E-state index >= 15 is 0 Å². The van der Waals surface area contributed by atoms with Gasteiger partial charge < -0.3 is 20.9 Å². The Morgan fingerprint density at radius 1 is 1.00 bits per heavy atom. The molecule has 1 aliphatic rings. The molecule has 32 heavy (non-hydrogen) atoms. The number of hydrogen-bond acceptors (Lipinski definition) is 2. The molecule has 0 radical (unpaired) electrons. The quantitative estimate of drug-likeness (QED) is 0.263. The molecule has 174 valence electrons. The zero-order valence-corrected chi connectivity index (χ0v) is 21.7. The molecule has 1 saturated heterocycles. The molecule has 6 nitrogen and oxygen atoms in total. The topological polar surface area (TPSA) is 68.8 Å². The molecular formula is C25H36IN5O. The summed E-state index contributed by atoms with van der Waals surface area (Å²) in [5, 5.41) is 9.74. The molecule has 1 heterocycles. The summed E-state index contributed by atoms with van der Waals surface area (Å²) >= 11 is 0. The van der Waals surface area contributed by atoms with Crippen LogP contribution in [0.3, 0.4) is 0 Å². The second-order valence-electron chi connectivity index (χ2n) is 8.19. The zero-order chi connectivity index (χ0) is 22.1. The number of carbonyl (C=O) groups excluding carboxylic acids is 1. The van der Waals surface area contributed by atoms with Gasteiger partial charge in [0, 0.05) is 31.9 Å². The zero-order valence-electron chi connectivity index (χ0n) is 19.4. The predicted octanol–water partition coefficient (Wildman–Crippen LogP) is 4.85. The molecule has 0 bridgehead atoms. The van der Waals surface area contributed by atoms with Gasteiger partial charge in [-0.1, -0.05) is 41.5 Å². The molecule has 0 atom stereocenters. The van der Waals surface area contributed by atoms with E-state index in [2.05, 4.69) is 54.9 Å². The van der Waals surface area contributed by atoms with Crippen molar-refractivity contribution in [1.29, 1.82) is 0 Å². The van der Waals surface area contributed by atoms with Crippen molar-refractivity contribution in [2.45, 2.75) is 46.6 Å². The number of nitrogens with zero attached hydrogens (tertiary/aromatic N) is 2. The van der Waals surface area contributed by atoms with E-state index in [4.69, 9.17) is 4.99 Å². The van der Waals surface area contributed by atoms with Gasteiger partial charge in [-0.3, -0.25) is 0 Å². The highest BCUT2D eigenvalue weighted by Crippen LogP contribution is 2.15. The molecule has 2 amide bonds. The number of anilines is 1. The summed E-state index contributed by atoms with van der Waals surface area (Å²) in [7, 11) is 0. The average Bonchev–Trinajstić information content (AvgIpc) is 3.27. The number of carbonyl (C=O) groups is 1. The lowest BCUT2D eigenvalue weighted by Crippen LogP contribution is -2.38. The maximum atomic E-state index is 12.3. The first-order valence-corrected chi connectivity index (χ1v) is 11.3. The lowest BCUT2D eigenvalue weighted by molar-refractivity contribution is 0.222. The molecular weight excluding hydrogens is 513 g/mol.